The van der Waals surface area contributed by atoms with E-state index in [4.69, 9.17) is 21.1 Å². The van der Waals surface area contributed by atoms with E-state index in [0.29, 0.717) is 22.0 Å². The van der Waals surface area contributed by atoms with E-state index in [-0.39, 0.29) is 0 Å². The van der Waals surface area contributed by atoms with Crippen molar-refractivity contribution in [3.63, 3.8) is 0 Å². The van der Waals surface area contributed by atoms with Crippen LogP contribution in [0.1, 0.15) is 13.8 Å². The number of ether oxygens (including phenoxy) is 2. The zero-order valence-electron chi connectivity index (χ0n) is 8.87. The SMILES string of the molecule is CCOC(=O)C(C)Oc1ncc(Cl)cc1Br. The Morgan fingerprint density at radius 1 is 1.69 bits per heavy atom. The number of rotatable bonds is 4. The molecule has 0 bridgehead atoms. The standard InChI is InChI=1S/C10H11BrClNO3/c1-3-15-10(14)6(2)16-9-8(11)4-7(12)5-13-9/h4-6H,3H2,1-2H3. The number of hydrogen-bond acceptors (Lipinski definition) is 4. The van der Waals surface area contributed by atoms with E-state index in [1.165, 1.54) is 6.20 Å². The average Bonchev–Trinajstić information content (AvgIpc) is 2.22. The van der Waals surface area contributed by atoms with Gasteiger partial charge in [-0.3, -0.25) is 0 Å². The van der Waals surface area contributed by atoms with E-state index in [9.17, 15) is 4.79 Å². The summed E-state index contributed by atoms with van der Waals surface area (Å²) in [4.78, 5) is 15.3. The molecule has 0 amide bonds. The van der Waals surface area contributed by atoms with Crippen molar-refractivity contribution in [2.45, 2.75) is 20.0 Å². The minimum absolute atomic E-state index is 0.310. The molecule has 1 atom stereocenters. The lowest BCUT2D eigenvalue weighted by Gasteiger charge is -2.13. The van der Waals surface area contributed by atoms with Crippen LogP contribution in [0.3, 0.4) is 0 Å². The van der Waals surface area contributed by atoms with Crippen LogP contribution in [0, 0.1) is 0 Å². The summed E-state index contributed by atoms with van der Waals surface area (Å²) in [5.41, 5.74) is 0. The molecule has 88 valence electrons. The van der Waals surface area contributed by atoms with Gasteiger partial charge in [-0.1, -0.05) is 11.6 Å². The smallest absolute Gasteiger partial charge is 0.347 e. The highest BCUT2D eigenvalue weighted by Gasteiger charge is 2.17. The molecular formula is C10H11BrClNO3. The molecule has 0 saturated heterocycles. The molecule has 1 aromatic rings. The van der Waals surface area contributed by atoms with Gasteiger partial charge in [0, 0.05) is 6.20 Å². The molecule has 1 rings (SSSR count). The molecular weight excluding hydrogens is 297 g/mol. The van der Waals surface area contributed by atoms with Crippen molar-refractivity contribution in [1.82, 2.24) is 4.98 Å². The minimum atomic E-state index is -0.704. The van der Waals surface area contributed by atoms with Crippen LogP contribution in [0.25, 0.3) is 0 Å². The third kappa shape index (κ3) is 3.64. The number of carbonyl (C=O) groups is 1. The lowest BCUT2D eigenvalue weighted by Crippen LogP contribution is -2.26. The predicted molar refractivity (Wildman–Crippen MR) is 63.7 cm³/mol. The third-order valence-electron chi connectivity index (χ3n) is 1.68. The lowest BCUT2D eigenvalue weighted by molar-refractivity contribution is -0.150. The zero-order chi connectivity index (χ0) is 12.1. The van der Waals surface area contributed by atoms with Gasteiger partial charge < -0.3 is 9.47 Å². The summed E-state index contributed by atoms with van der Waals surface area (Å²) in [7, 11) is 0. The average molecular weight is 309 g/mol. The normalized spacial score (nSPS) is 12.0. The number of carbonyl (C=O) groups excluding carboxylic acids is 1. The van der Waals surface area contributed by atoms with Crippen molar-refractivity contribution in [2.75, 3.05) is 6.61 Å². The maximum Gasteiger partial charge on any atom is 0.347 e. The Labute approximate surface area is 107 Å². The van der Waals surface area contributed by atoms with Gasteiger partial charge in [0.1, 0.15) is 0 Å². The Kier molecular flexibility index (Phi) is 5.02. The molecule has 0 spiro atoms. The highest BCUT2D eigenvalue weighted by molar-refractivity contribution is 9.10. The van der Waals surface area contributed by atoms with Crippen LogP contribution in [0.4, 0.5) is 0 Å². The first-order valence-corrected chi connectivity index (χ1v) is 5.86. The summed E-state index contributed by atoms with van der Waals surface area (Å²) in [5.74, 6) is -0.115. The van der Waals surface area contributed by atoms with E-state index in [2.05, 4.69) is 20.9 Å². The number of pyridine rings is 1. The Morgan fingerprint density at radius 3 is 2.94 bits per heavy atom. The van der Waals surface area contributed by atoms with Crippen molar-refractivity contribution in [3.8, 4) is 5.88 Å². The van der Waals surface area contributed by atoms with Gasteiger partial charge in [0.2, 0.25) is 5.88 Å². The van der Waals surface area contributed by atoms with Gasteiger partial charge in [0.25, 0.3) is 0 Å². The fourth-order valence-electron chi connectivity index (χ4n) is 0.964. The van der Waals surface area contributed by atoms with Gasteiger partial charge in [-0.05, 0) is 35.8 Å². The molecule has 0 aromatic carbocycles. The maximum atomic E-state index is 11.3. The van der Waals surface area contributed by atoms with Crippen LogP contribution in [0.2, 0.25) is 5.02 Å². The highest BCUT2D eigenvalue weighted by atomic mass is 79.9. The number of esters is 1. The summed E-state index contributed by atoms with van der Waals surface area (Å²) in [6.45, 7) is 3.66. The molecule has 4 nitrogen and oxygen atoms in total. The number of halogens is 2. The van der Waals surface area contributed by atoms with Crippen LogP contribution in [0.5, 0.6) is 5.88 Å². The molecule has 1 aromatic heterocycles. The van der Waals surface area contributed by atoms with Crippen molar-refractivity contribution in [3.05, 3.63) is 21.8 Å². The predicted octanol–water partition coefficient (Wildman–Crippen LogP) is 2.83. The van der Waals surface area contributed by atoms with E-state index in [1.807, 2.05) is 0 Å². The molecule has 0 fully saturated rings. The summed E-state index contributed by atoms with van der Waals surface area (Å²) < 4.78 is 10.7. The summed E-state index contributed by atoms with van der Waals surface area (Å²) >= 11 is 8.97. The second kappa shape index (κ2) is 6.06. The summed E-state index contributed by atoms with van der Waals surface area (Å²) in [6, 6.07) is 1.64. The van der Waals surface area contributed by atoms with E-state index >= 15 is 0 Å². The van der Waals surface area contributed by atoms with Crippen molar-refractivity contribution in [2.24, 2.45) is 0 Å². The molecule has 1 heterocycles. The van der Waals surface area contributed by atoms with Gasteiger partial charge in [0.05, 0.1) is 16.1 Å². The third-order valence-corrected chi connectivity index (χ3v) is 2.46. The van der Waals surface area contributed by atoms with Crippen LogP contribution < -0.4 is 4.74 Å². The molecule has 0 aliphatic carbocycles. The first-order chi connectivity index (χ1) is 7.54. The molecule has 0 aliphatic rings. The van der Waals surface area contributed by atoms with Gasteiger partial charge in [-0.25, -0.2) is 9.78 Å². The van der Waals surface area contributed by atoms with Crippen LogP contribution in [0.15, 0.2) is 16.7 Å². The Bertz CT molecular complexity index is 386. The zero-order valence-corrected chi connectivity index (χ0v) is 11.2. The number of aromatic nitrogens is 1. The molecule has 1 unspecified atom stereocenters. The quantitative estimate of drug-likeness (QED) is 0.803. The topological polar surface area (TPSA) is 48.4 Å². The number of nitrogens with zero attached hydrogens (tertiary/aromatic N) is 1. The molecule has 6 heteroatoms. The second-order valence-corrected chi connectivity index (χ2v) is 4.24. The van der Waals surface area contributed by atoms with Gasteiger partial charge in [-0.2, -0.15) is 0 Å². The molecule has 16 heavy (non-hydrogen) atoms. The molecule has 0 saturated carbocycles. The largest absolute Gasteiger partial charge is 0.463 e. The Hall–Kier alpha value is -0.810. The Morgan fingerprint density at radius 2 is 2.38 bits per heavy atom. The van der Waals surface area contributed by atoms with Crippen molar-refractivity contribution < 1.29 is 14.3 Å². The van der Waals surface area contributed by atoms with Gasteiger partial charge in [0.15, 0.2) is 6.10 Å². The van der Waals surface area contributed by atoms with Crippen molar-refractivity contribution in [1.29, 1.82) is 0 Å². The maximum absolute atomic E-state index is 11.3. The molecule has 0 N–H and O–H groups in total. The van der Waals surface area contributed by atoms with E-state index in [0.717, 1.165) is 0 Å². The highest BCUT2D eigenvalue weighted by Crippen LogP contribution is 2.25. The first kappa shape index (κ1) is 13.3. The van der Waals surface area contributed by atoms with Crippen molar-refractivity contribution >= 4 is 33.5 Å². The minimum Gasteiger partial charge on any atom is -0.463 e. The monoisotopic (exact) mass is 307 g/mol. The van der Waals surface area contributed by atoms with Crippen LogP contribution in [-0.4, -0.2) is 23.7 Å². The summed E-state index contributed by atoms with van der Waals surface area (Å²) in [6.07, 6.45) is 0.740. The van der Waals surface area contributed by atoms with Crippen LogP contribution in [-0.2, 0) is 9.53 Å². The van der Waals surface area contributed by atoms with Crippen LogP contribution >= 0.6 is 27.5 Å². The fraction of sp³-hybridized carbons (Fsp3) is 0.400. The van der Waals surface area contributed by atoms with Gasteiger partial charge >= 0.3 is 5.97 Å². The number of hydrogen-bond donors (Lipinski definition) is 0. The molecule has 0 aliphatic heterocycles. The Balaban J connectivity index is 2.69. The van der Waals surface area contributed by atoms with E-state index in [1.54, 1.807) is 19.9 Å². The van der Waals surface area contributed by atoms with Gasteiger partial charge in [-0.15, -0.1) is 0 Å². The fourth-order valence-corrected chi connectivity index (χ4v) is 1.70. The van der Waals surface area contributed by atoms with E-state index < -0.39 is 12.1 Å². The lowest BCUT2D eigenvalue weighted by atomic mass is 10.4. The summed E-state index contributed by atoms with van der Waals surface area (Å²) in [5, 5.41) is 0.489. The second-order valence-electron chi connectivity index (χ2n) is 2.95. The molecule has 0 radical (unpaired) electrons. The first-order valence-electron chi connectivity index (χ1n) is 4.69.